The third-order valence-corrected chi connectivity index (χ3v) is 6.21. The molecular weight excluding hydrogens is 348 g/mol. The minimum atomic E-state index is 0.131. The zero-order chi connectivity index (χ0) is 18.9. The van der Waals surface area contributed by atoms with Gasteiger partial charge in [0.05, 0.1) is 18.8 Å². The van der Waals surface area contributed by atoms with E-state index < -0.39 is 0 Å². The molecule has 2 aromatic carbocycles. The molecule has 28 heavy (non-hydrogen) atoms. The monoisotopic (exact) mass is 374 g/mol. The Kier molecular flexibility index (Phi) is 4.65. The van der Waals surface area contributed by atoms with Crippen molar-refractivity contribution < 1.29 is 9.53 Å². The topological polar surface area (TPSA) is 34.5 Å². The van der Waals surface area contributed by atoms with Crippen molar-refractivity contribution in [3.8, 4) is 0 Å². The molecule has 1 amide bonds. The van der Waals surface area contributed by atoms with Gasteiger partial charge < -0.3 is 14.2 Å². The van der Waals surface area contributed by atoms with Crippen LogP contribution in [0.2, 0.25) is 0 Å². The van der Waals surface area contributed by atoms with Crippen molar-refractivity contribution in [1.82, 2.24) is 9.47 Å². The van der Waals surface area contributed by atoms with Gasteiger partial charge >= 0.3 is 0 Å². The van der Waals surface area contributed by atoms with Crippen LogP contribution in [-0.4, -0.2) is 41.7 Å². The summed E-state index contributed by atoms with van der Waals surface area (Å²) < 4.78 is 7.68. The number of aryl methyl sites for hydroxylation is 1. The van der Waals surface area contributed by atoms with Crippen LogP contribution in [0.4, 0.5) is 0 Å². The molecule has 1 saturated heterocycles. The highest BCUT2D eigenvalue weighted by Gasteiger charge is 2.37. The smallest absolute Gasteiger partial charge is 0.256 e. The summed E-state index contributed by atoms with van der Waals surface area (Å²) >= 11 is 0. The molecule has 4 nitrogen and oxygen atoms in total. The summed E-state index contributed by atoms with van der Waals surface area (Å²) in [7, 11) is 0. The van der Waals surface area contributed by atoms with Crippen LogP contribution in [0.1, 0.15) is 34.7 Å². The summed E-state index contributed by atoms with van der Waals surface area (Å²) in [6.45, 7) is 3.59. The predicted molar refractivity (Wildman–Crippen MR) is 111 cm³/mol. The van der Waals surface area contributed by atoms with Crippen LogP contribution in [0, 0.1) is 5.92 Å². The van der Waals surface area contributed by atoms with Crippen LogP contribution >= 0.6 is 0 Å². The fourth-order valence-corrected chi connectivity index (χ4v) is 4.52. The number of nitrogens with zero attached hydrogens (tertiary/aromatic N) is 2. The van der Waals surface area contributed by atoms with Crippen LogP contribution in [0.15, 0.2) is 60.8 Å². The average Bonchev–Trinajstić information content (AvgIpc) is 3.46. The van der Waals surface area contributed by atoms with Crippen molar-refractivity contribution >= 4 is 16.8 Å². The fraction of sp³-hybridized carbons (Fsp3) is 0.375. The van der Waals surface area contributed by atoms with Crippen LogP contribution in [0.3, 0.4) is 0 Å². The van der Waals surface area contributed by atoms with Gasteiger partial charge in [-0.15, -0.1) is 0 Å². The van der Waals surface area contributed by atoms with Gasteiger partial charge in [0.2, 0.25) is 0 Å². The lowest BCUT2D eigenvalue weighted by Gasteiger charge is -2.26. The van der Waals surface area contributed by atoms with E-state index in [1.54, 1.807) is 0 Å². The largest absolute Gasteiger partial charge is 0.378 e. The molecule has 3 aromatic rings. The second-order valence-corrected chi connectivity index (χ2v) is 7.96. The molecule has 4 heteroatoms. The minimum absolute atomic E-state index is 0.131. The van der Waals surface area contributed by atoms with Crippen LogP contribution in [-0.2, 0) is 11.3 Å². The summed E-state index contributed by atoms with van der Waals surface area (Å²) in [6, 6.07) is 19.1. The van der Waals surface area contributed by atoms with Crippen molar-refractivity contribution in [2.75, 3.05) is 26.3 Å². The molecular formula is C24H26N2O2. The van der Waals surface area contributed by atoms with E-state index in [2.05, 4.69) is 59.3 Å². The number of para-hydroxylation sites is 1. The number of benzene rings is 2. The van der Waals surface area contributed by atoms with E-state index in [0.29, 0.717) is 32.2 Å². The third kappa shape index (κ3) is 3.33. The van der Waals surface area contributed by atoms with Crippen molar-refractivity contribution in [3.05, 3.63) is 71.9 Å². The molecule has 2 heterocycles. The summed E-state index contributed by atoms with van der Waals surface area (Å²) in [4.78, 5) is 15.0. The average molecular weight is 374 g/mol. The predicted octanol–water partition coefficient (Wildman–Crippen LogP) is 4.31. The second kappa shape index (κ2) is 7.44. The molecule has 2 fully saturated rings. The highest BCUT2D eigenvalue weighted by Crippen LogP contribution is 2.49. The van der Waals surface area contributed by atoms with E-state index in [-0.39, 0.29) is 5.91 Å². The minimum Gasteiger partial charge on any atom is -0.378 e. The quantitative estimate of drug-likeness (QED) is 0.667. The van der Waals surface area contributed by atoms with Gasteiger partial charge in [0.25, 0.3) is 5.91 Å². The molecule has 2 aliphatic rings. The number of hydrogen-bond donors (Lipinski definition) is 0. The SMILES string of the molecule is O=C(c1cn(CCC2CC2c2ccccc2)c2ccccc12)N1CCOCC1. The number of carbonyl (C=O) groups is 1. The Morgan fingerprint density at radius 1 is 1.00 bits per heavy atom. The molecule has 5 rings (SSSR count). The van der Waals surface area contributed by atoms with Crippen molar-refractivity contribution in [2.45, 2.75) is 25.3 Å². The number of ether oxygens (including phenoxy) is 1. The van der Waals surface area contributed by atoms with E-state index >= 15 is 0 Å². The van der Waals surface area contributed by atoms with Crippen LogP contribution in [0.25, 0.3) is 10.9 Å². The molecule has 0 spiro atoms. The Balaban J connectivity index is 1.33. The first-order valence-corrected chi connectivity index (χ1v) is 10.3. The summed E-state index contributed by atoms with van der Waals surface area (Å²) in [5.74, 6) is 1.59. The first-order valence-electron chi connectivity index (χ1n) is 10.3. The third-order valence-electron chi connectivity index (χ3n) is 6.21. The van der Waals surface area contributed by atoms with E-state index in [1.807, 2.05) is 11.0 Å². The Bertz CT molecular complexity index is 973. The Morgan fingerprint density at radius 3 is 2.57 bits per heavy atom. The number of carbonyl (C=O) groups excluding carboxylic acids is 1. The van der Waals surface area contributed by atoms with E-state index in [0.717, 1.165) is 35.3 Å². The highest BCUT2D eigenvalue weighted by molar-refractivity contribution is 6.07. The number of aromatic nitrogens is 1. The number of rotatable bonds is 5. The van der Waals surface area contributed by atoms with Crippen LogP contribution < -0.4 is 0 Å². The van der Waals surface area contributed by atoms with E-state index in [4.69, 9.17) is 4.74 Å². The van der Waals surface area contributed by atoms with Gasteiger partial charge in [-0.05, 0) is 36.3 Å². The first-order chi connectivity index (χ1) is 13.8. The zero-order valence-corrected chi connectivity index (χ0v) is 16.1. The maximum Gasteiger partial charge on any atom is 0.256 e. The molecule has 144 valence electrons. The van der Waals surface area contributed by atoms with Crippen molar-refractivity contribution in [1.29, 1.82) is 0 Å². The standard InChI is InChI=1S/C24H26N2O2/c27-24(25-12-14-28-15-13-25)22-17-26(23-9-5-4-8-20(22)23)11-10-19-16-21(19)18-6-2-1-3-7-18/h1-9,17,19,21H,10-16H2. The van der Waals surface area contributed by atoms with E-state index in [1.165, 1.54) is 12.0 Å². The van der Waals surface area contributed by atoms with Gasteiger partial charge in [0.15, 0.2) is 0 Å². The van der Waals surface area contributed by atoms with Gasteiger partial charge in [-0.2, -0.15) is 0 Å². The Morgan fingerprint density at radius 2 is 1.75 bits per heavy atom. The molecule has 1 saturated carbocycles. The first kappa shape index (κ1) is 17.5. The van der Waals surface area contributed by atoms with Crippen molar-refractivity contribution in [3.63, 3.8) is 0 Å². The molecule has 0 N–H and O–H groups in total. The van der Waals surface area contributed by atoms with Gasteiger partial charge in [0, 0.05) is 36.7 Å². The molecule has 1 aliphatic carbocycles. The Hall–Kier alpha value is -2.59. The maximum atomic E-state index is 13.1. The van der Waals surface area contributed by atoms with E-state index in [9.17, 15) is 4.79 Å². The number of amides is 1. The van der Waals surface area contributed by atoms with Gasteiger partial charge in [-0.1, -0.05) is 48.5 Å². The summed E-state index contributed by atoms with van der Waals surface area (Å²) in [5, 5.41) is 1.06. The number of hydrogen-bond acceptors (Lipinski definition) is 2. The number of fused-ring (bicyclic) bond motifs is 1. The summed E-state index contributed by atoms with van der Waals surface area (Å²) in [6.07, 6.45) is 4.51. The van der Waals surface area contributed by atoms with Gasteiger partial charge in [0.1, 0.15) is 0 Å². The highest BCUT2D eigenvalue weighted by atomic mass is 16.5. The normalized spacial score (nSPS) is 21.8. The lowest BCUT2D eigenvalue weighted by molar-refractivity contribution is 0.0304. The zero-order valence-electron chi connectivity index (χ0n) is 16.1. The molecule has 0 radical (unpaired) electrons. The maximum absolute atomic E-state index is 13.1. The molecule has 0 bridgehead atoms. The van der Waals surface area contributed by atoms with Crippen LogP contribution in [0.5, 0.6) is 0 Å². The molecule has 2 atom stereocenters. The molecule has 1 aliphatic heterocycles. The fourth-order valence-electron chi connectivity index (χ4n) is 4.52. The molecule has 2 unspecified atom stereocenters. The Labute approximate surface area is 165 Å². The van der Waals surface area contributed by atoms with Gasteiger partial charge in [-0.3, -0.25) is 4.79 Å². The lowest BCUT2D eigenvalue weighted by atomic mass is 10.1. The lowest BCUT2D eigenvalue weighted by Crippen LogP contribution is -2.40. The number of morpholine rings is 1. The summed E-state index contributed by atoms with van der Waals surface area (Å²) in [5.41, 5.74) is 3.46. The second-order valence-electron chi connectivity index (χ2n) is 7.96. The molecule has 1 aromatic heterocycles. The van der Waals surface area contributed by atoms with Gasteiger partial charge in [-0.25, -0.2) is 0 Å². The van der Waals surface area contributed by atoms with Crippen molar-refractivity contribution in [2.24, 2.45) is 5.92 Å².